The van der Waals surface area contributed by atoms with E-state index in [2.05, 4.69) is 22.3 Å². The van der Waals surface area contributed by atoms with E-state index < -0.39 is 0 Å². The maximum Gasteiger partial charge on any atom is 0.237 e. The summed E-state index contributed by atoms with van der Waals surface area (Å²) in [5.74, 6) is 0.829. The quantitative estimate of drug-likeness (QED) is 0.804. The molecule has 0 aromatic heterocycles. The van der Waals surface area contributed by atoms with Crippen molar-refractivity contribution in [1.29, 1.82) is 0 Å². The molecule has 1 atom stereocenters. The topological polar surface area (TPSA) is 61.8 Å². The number of aliphatic hydroxyl groups excluding tert-OH is 1. The third kappa shape index (κ3) is 4.81. The number of piperazine rings is 1. The Kier molecular flexibility index (Phi) is 6.04. The normalized spacial score (nSPS) is 18.0. The Balaban J connectivity index is 1.71. The molecule has 1 fully saturated rings. The van der Waals surface area contributed by atoms with Gasteiger partial charge in [-0.2, -0.15) is 0 Å². The molecule has 1 aliphatic heterocycles. The fourth-order valence-corrected chi connectivity index (χ4v) is 3.14. The minimum atomic E-state index is -0.168. The number of carbonyl (C=O) groups is 1. The highest BCUT2D eigenvalue weighted by Gasteiger charge is 2.29. The maximum absolute atomic E-state index is 12.4. The van der Waals surface area contributed by atoms with Gasteiger partial charge in [0.25, 0.3) is 0 Å². The van der Waals surface area contributed by atoms with Gasteiger partial charge in [-0.15, -0.1) is 0 Å². The van der Waals surface area contributed by atoms with Gasteiger partial charge in [0.15, 0.2) is 0 Å². The standard InChI is InChI=1S/C20H24N2O3/c23-11-12-25-18-8-4-7-17(13-18)15-22-10-9-21-20(24)19(22)14-16-5-2-1-3-6-16/h1-8,13,19,23H,9-12,14-15H2,(H,21,24)/t19-/m0/s1. The lowest BCUT2D eigenvalue weighted by Crippen LogP contribution is -2.55. The van der Waals surface area contributed by atoms with Crippen LogP contribution in [0.5, 0.6) is 5.75 Å². The second-order valence-electron chi connectivity index (χ2n) is 6.19. The summed E-state index contributed by atoms with van der Waals surface area (Å²) in [6, 6.07) is 17.8. The Morgan fingerprint density at radius 2 is 1.92 bits per heavy atom. The van der Waals surface area contributed by atoms with E-state index in [9.17, 15) is 4.79 Å². The lowest BCUT2D eigenvalue weighted by atomic mass is 10.0. The minimum absolute atomic E-state index is 0.00429. The van der Waals surface area contributed by atoms with Crippen molar-refractivity contribution in [3.8, 4) is 5.75 Å². The van der Waals surface area contributed by atoms with Crippen molar-refractivity contribution < 1.29 is 14.6 Å². The van der Waals surface area contributed by atoms with E-state index in [1.165, 1.54) is 0 Å². The molecular weight excluding hydrogens is 316 g/mol. The Bertz CT molecular complexity index is 690. The number of hydrogen-bond donors (Lipinski definition) is 2. The van der Waals surface area contributed by atoms with Crippen molar-refractivity contribution >= 4 is 5.91 Å². The second-order valence-corrected chi connectivity index (χ2v) is 6.19. The number of hydrogen-bond acceptors (Lipinski definition) is 4. The van der Waals surface area contributed by atoms with Crippen LogP contribution in [0.2, 0.25) is 0 Å². The van der Waals surface area contributed by atoms with Crippen molar-refractivity contribution in [3.63, 3.8) is 0 Å². The molecule has 0 spiro atoms. The molecule has 1 saturated heterocycles. The van der Waals surface area contributed by atoms with Gasteiger partial charge in [-0.05, 0) is 29.7 Å². The predicted molar refractivity (Wildman–Crippen MR) is 96.4 cm³/mol. The SMILES string of the molecule is O=C1NCCN(Cc2cccc(OCCO)c2)[C@H]1Cc1ccccc1. The van der Waals surface area contributed by atoms with E-state index in [-0.39, 0.29) is 25.2 Å². The molecule has 0 unspecified atom stereocenters. The van der Waals surface area contributed by atoms with Gasteiger partial charge in [0.1, 0.15) is 12.4 Å². The highest BCUT2D eigenvalue weighted by Crippen LogP contribution is 2.19. The zero-order valence-electron chi connectivity index (χ0n) is 14.2. The number of benzene rings is 2. The highest BCUT2D eigenvalue weighted by atomic mass is 16.5. The second kappa shape index (κ2) is 8.65. The van der Waals surface area contributed by atoms with Crippen LogP contribution < -0.4 is 10.1 Å². The van der Waals surface area contributed by atoms with Crippen LogP contribution in [0.1, 0.15) is 11.1 Å². The largest absolute Gasteiger partial charge is 0.491 e. The van der Waals surface area contributed by atoms with E-state index in [1.54, 1.807) is 0 Å². The summed E-state index contributed by atoms with van der Waals surface area (Å²) in [7, 11) is 0. The van der Waals surface area contributed by atoms with Crippen LogP contribution in [0.25, 0.3) is 0 Å². The minimum Gasteiger partial charge on any atom is -0.491 e. The van der Waals surface area contributed by atoms with E-state index >= 15 is 0 Å². The number of aliphatic hydroxyl groups is 1. The number of ether oxygens (including phenoxy) is 1. The lowest BCUT2D eigenvalue weighted by Gasteiger charge is -2.35. The van der Waals surface area contributed by atoms with Gasteiger partial charge < -0.3 is 15.2 Å². The fraction of sp³-hybridized carbons (Fsp3) is 0.350. The summed E-state index contributed by atoms with van der Waals surface area (Å²) in [5.41, 5.74) is 2.26. The number of rotatable bonds is 7. The van der Waals surface area contributed by atoms with Gasteiger partial charge in [0.05, 0.1) is 12.6 Å². The van der Waals surface area contributed by atoms with E-state index in [4.69, 9.17) is 9.84 Å². The van der Waals surface area contributed by atoms with Crippen LogP contribution in [0.15, 0.2) is 54.6 Å². The molecule has 0 bridgehead atoms. The number of nitrogens with one attached hydrogen (secondary N) is 1. The van der Waals surface area contributed by atoms with E-state index in [0.717, 1.165) is 23.4 Å². The van der Waals surface area contributed by atoms with Gasteiger partial charge in [-0.1, -0.05) is 42.5 Å². The molecule has 0 radical (unpaired) electrons. The van der Waals surface area contributed by atoms with Gasteiger partial charge in [0, 0.05) is 19.6 Å². The van der Waals surface area contributed by atoms with Crippen LogP contribution in [-0.2, 0) is 17.8 Å². The van der Waals surface area contributed by atoms with Crippen LogP contribution in [0.4, 0.5) is 0 Å². The van der Waals surface area contributed by atoms with Gasteiger partial charge >= 0.3 is 0 Å². The van der Waals surface area contributed by atoms with Crippen molar-refractivity contribution in [2.24, 2.45) is 0 Å². The summed E-state index contributed by atoms with van der Waals surface area (Å²) >= 11 is 0. The third-order valence-corrected chi connectivity index (χ3v) is 4.36. The summed E-state index contributed by atoms with van der Waals surface area (Å²) < 4.78 is 5.48. The van der Waals surface area contributed by atoms with Crippen LogP contribution >= 0.6 is 0 Å². The number of amides is 1. The average molecular weight is 340 g/mol. The molecule has 1 heterocycles. The molecule has 2 aromatic carbocycles. The summed E-state index contributed by atoms with van der Waals surface area (Å²) in [5, 5.41) is 11.9. The Morgan fingerprint density at radius 3 is 2.72 bits per heavy atom. The molecule has 0 saturated carbocycles. The first kappa shape index (κ1) is 17.5. The van der Waals surface area contributed by atoms with Crippen LogP contribution in [0, 0.1) is 0 Å². The van der Waals surface area contributed by atoms with Gasteiger partial charge in [-0.25, -0.2) is 0 Å². The number of carbonyl (C=O) groups excluding carboxylic acids is 1. The highest BCUT2D eigenvalue weighted by molar-refractivity contribution is 5.82. The van der Waals surface area contributed by atoms with E-state index in [0.29, 0.717) is 19.5 Å². The molecule has 5 nitrogen and oxygen atoms in total. The Labute approximate surface area is 148 Å². The molecule has 1 aliphatic rings. The van der Waals surface area contributed by atoms with Crippen LogP contribution in [-0.4, -0.2) is 48.3 Å². The Hall–Kier alpha value is -2.37. The molecule has 132 valence electrons. The first-order chi connectivity index (χ1) is 12.3. The average Bonchev–Trinajstić information content (AvgIpc) is 2.64. The first-order valence-electron chi connectivity index (χ1n) is 8.64. The fourth-order valence-electron chi connectivity index (χ4n) is 3.14. The molecular formula is C20H24N2O3. The molecule has 25 heavy (non-hydrogen) atoms. The summed E-state index contributed by atoms with van der Waals surface area (Å²) in [4.78, 5) is 14.6. The summed E-state index contributed by atoms with van der Waals surface area (Å²) in [6.45, 7) is 2.47. The van der Waals surface area contributed by atoms with Crippen molar-refractivity contribution in [1.82, 2.24) is 10.2 Å². The third-order valence-electron chi connectivity index (χ3n) is 4.36. The van der Waals surface area contributed by atoms with Crippen molar-refractivity contribution in [2.75, 3.05) is 26.3 Å². The molecule has 2 N–H and O–H groups in total. The number of nitrogens with zero attached hydrogens (tertiary/aromatic N) is 1. The van der Waals surface area contributed by atoms with Gasteiger partial charge in [0.2, 0.25) is 5.91 Å². The van der Waals surface area contributed by atoms with Crippen molar-refractivity contribution in [2.45, 2.75) is 19.0 Å². The smallest absolute Gasteiger partial charge is 0.237 e. The Morgan fingerprint density at radius 1 is 1.12 bits per heavy atom. The molecule has 5 heteroatoms. The van der Waals surface area contributed by atoms with Crippen LogP contribution in [0.3, 0.4) is 0 Å². The molecule has 2 aromatic rings. The molecule has 1 amide bonds. The monoisotopic (exact) mass is 340 g/mol. The predicted octanol–water partition coefficient (Wildman–Crippen LogP) is 1.60. The van der Waals surface area contributed by atoms with Gasteiger partial charge in [-0.3, -0.25) is 9.69 Å². The first-order valence-corrected chi connectivity index (χ1v) is 8.64. The summed E-state index contributed by atoms with van der Waals surface area (Å²) in [6.07, 6.45) is 0.702. The zero-order valence-corrected chi connectivity index (χ0v) is 14.2. The zero-order chi connectivity index (χ0) is 17.5. The lowest BCUT2D eigenvalue weighted by molar-refractivity contribution is -0.129. The van der Waals surface area contributed by atoms with Crippen molar-refractivity contribution in [3.05, 3.63) is 65.7 Å². The van der Waals surface area contributed by atoms with E-state index in [1.807, 2.05) is 42.5 Å². The molecule has 0 aliphatic carbocycles. The maximum atomic E-state index is 12.4. The molecule has 3 rings (SSSR count).